The van der Waals surface area contributed by atoms with Crippen LogP contribution in [0.3, 0.4) is 0 Å². The number of hydrogen-bond donors (Lipinski definition) is 2. The molecule has 2 fully saturated rings. The van der Waals surface area contributed by atoms with E-state index in [1.54, 1.807) is 0 Å². The second-order valence-electron chi connectivity index (χ2n) is 5.51. The SMILES string of the molecule is COC(=O)C1CCN(S(=O)(=O)N(C)[C@H]2CNC[C@@H]2O)CC1. The number of esters is 1. The van der Waals surface area contributed by atoms with Gasteiger partial charge >= 0.3 is 5.97 Å². The first-order valence-electron chi connectivity index (χ1n) is 7.07. The molecule has 2 rings (SSSR count). The summed E-state index contributed by atoms with van der Waals surface area (Å²) < 4.78 is 32.4. The molecule has 0 aliphatic carbocycles. The summed E-state index contributed by atoms with van der Waals surface area (Å²) in [7, 11) is -0.790. The minimum atomic E-state index is -3.62. The number of rotatable bonds is 4. The van der Waals surface area contributed by atoms with Gasteiger partial charge in [-0.2, -0.15) is 17.0 Å². The number of β-amino-alcohol motifs (C(OH)–C–C–N with tert-alkyl or cyclic N) is 1. The lowest BCUT2D eigenvalue weighted by Gasteiger charge is -2.35. The highest BCUT2D eigenvalue weighted by Crippen LogP contribution is 2.23. The zero-order valence-corrected chi connectivity index (χ0v) is 13.2. The third-order valence-electron chi connectivity index (χ3n) is 4.30. The number of likely N-dealkylation sites (N-methyl/N-ethyl adjacent to an activating group) is 1. The fourth-order valence-corrected chi connectivity index (χ4v) is 4.46. The molecule has 8 nitrogen and oxygen atoms in total. The van der Waals surface area contributed by atoms with Gasteiger partial charge in [-0.1, -0.05) is 0 Å². The van der Waals surface area contributed by atoms with E-state index in [4.69, 9.17) is 4.74 Å². The van der Waals surface area contributed by atoms with Crippen LogP contribution in [0.2, 0.25) is 0 Å². The molecule has 2 aliphatic heterocycles. The van der Waals surface area contributed by atoms with Gasteiger partial charge in [-0.25, -0.2) is 0 Å². The van der Waals surface area contributed by atoms with Crippen molar-refractivity contribution in [3.05, 3.63) is 0 Å². The van der Waals surface area contributed by atoms with Crippen LogP contribution >= 0.6 is 0 Å². The molecular weight excluding hydrogens is 298 g/mol. The summed E-state index contributed by atoms with van der Waals surface area (Å²) in [6, 6.07) is -0.451. The Labute approximate surface area is 125 Å². The molecule has 0 radical (unpaired) electrons. The molecule has 9 heteroatoms. The number of methoxy groups -OCH3 is 1. The maximum absolute atomic E-state index is 12.6. The zero-order chi connectivity index (χ0) is 15.6. The number of aliphatic hydroxyl groups is 1. The van der Waals surface area contributed by atoms with Crippen LogP contribution < -0.4 is 5.32 Å². The fourth-order valence-electron chi connectivity index (χ4n) is 2.86. The van der Waals surface area contributed by atoms with Gasteiger partial charge in [-0.3, -0.25) is 4.79 Å². The summed E-state index contributed by atoms with van der Waals surface area (Å²) in [4.78, 5) is 11.5. The number of carbonyl (C=O) groups is 1. The van der Waals surface area contributed by atoms with Gasteiger partial charge in [0, 0.05) is 33.2 Å². The summed E-state index contributed by atoms with van der Waals surface area (Å²) in [5.74, 6) is -0.513. The highest BCUT2D eigenvalue weighted by atomic mass is 32.2. The van der Waals surface area contributed by atoms with Gasteiger partial charge in [0.15, 0.2) is 0 Å². The van der Waals surface area contributed by atoms with Crippen LogP contribution in [0.25, 0.3) is 0 Å². The normalized spacial score (nSPS) is 29.0. The van der Waals surface area contributed by atoms with Gasteiger partial charge in [0.05, 0.1) is 25.2 Å². The molecule has 0 aromatic heterocycles. The maximum Gasteiger partial charge on any atom is 0.308 e. The van der Waals surface area contributed by atoms with Crippen LogP contribution in [0.4, 0.5) is 0 Å². The van der Waals surface area contributed by atoms with E-state index in [0.717, 1.165) is 0 Å². The molecule has 122 valence electrons. The Morgan fingerprint density at radius 2 is 1.95 bits per heavy atom. The zero-order valence-electron chi connectivity index (χ0n) is 12.4. The smallest absolute Gasteiger partial charge is 0.308 e. The third kappa shape index (κ3) is 3.37. The van der Waals surface area contributed by atoms with Gasteiger partial charge in [0.2, 0.25) is 0 Å². The first-order valence-corrected chi connectivity index (χ1v) is 8.47. The van der Waals surface area contributed by atoms with Crippen molar-refractivity contribution in [2.24, 2.45) is 5.92 Å². The van der Waals surface area contributed by atoms with Crippen molar-refractivity contribution >= 4 is 16.2 Å². The van der Waals surface area contributed by atoms with E-state index >= 15 is 0 Å². The lowest BCUT2D eigenvalue weighted by atomic mass is 9.99. The highest BCUT2D eigenvalue weighted by molar-refractivity contribution is 7.86. The lowest BCUT2D eigenvalue weighted by molar-refractivity contribution is -0.146. The number of nitrogens with zero attached hydrogens (tertiary/aromatic N) is 2. The first kappa shape index (κ1) is 16.6. The van der Waals surface area contributed by atoms with Crippen molar-refractivity contribution in [1.29, 1.82) is 0 Å². The summed E-state index contributed by atoms with van der Waals surface area (Å²) in [6.07, 6.45) is 0.230. The average molecular weight is 321 g/mol. The molecule has 0 saturated carbocycles. The Morgan fingerprint density at radius 1 is 1.33 bits per heavy atom. The van der Waals surface area contributed by atoms with Crippen molar-refractivity contribution in [2.45, 2.75) is 25.0 Å². The van der Waals surface area contributed by atoms with Crippen LogP contribution in [0.15, 0.2) is 0 Å². The summed E-state index contributed by atoms with van der Waals surface area (Å²) in [5.41, 5.74) is 0. The Bertz CT molecular complexity index is 475. The quantitative estimate of drug-likeness (QED) is 0.604. The minimum absolute atomic E-state index is 0.231. The molecule has 0 bridgehead atoms. The molecule has 0 aromatic carbocycles. The Morgan fingerprint density at radius 3 is 2.43 bits per heavy atom. The Balaban J connectivity index is 1.99. The van der Waals surface area contributed by atoms with Crippen molar-refractivity contribution < 1.29 is 23.1 Å². The van der Waals surface area contributed by atoms with Crippen LogP contribution in [0.5, 0.6) is 0 Å². The molecule has 0 spiro atoms. The van der Waals surface area contributed by atoms with Gasteiger partial charge in [-0.05, 0) is 12.8 Å². The number of aliphatic hydroxyl groups excluding tert-OH is 1. The van der Waals surface area contributed by atoms with Crippen LogP contribution in [-0.4, -0.2) is 80.6 Å². The van der Waals surface area contributed by atoms with Crippen molar-refractivity contribution in [3.8, 4) is 0 Å². The van der Waals surface area contributed by atoms with E-state index in [2.05, 4.69) is 5.32 Å². The van der Waals surface area contributed by atoms with E-state index in [1.807, 2.05) is 0 Å². The third-order valence-corrected chi connectivity index (χ3v) is 6.31. The van der Waals surface area contributed by atoms with Crippen molar-refractivity contribution in [3.63, 3.8) is 0 Å². The van der Waals surface area contributed by atoms with Crippen LogP contribution in [0.1, 0.15) is 12.8 Å². The van der Waals surface area contributed by atoms with Crippen molar-refractivity contribution in [2.75, 3.05) is 40.3 Å². The molecular formula is C12H23N3O5S. The number of nitrogens with one attached hydrogen (secondary N) is 1. The summed E-state index contributed by atoms with van der Waals surface area (Å²) in [6.45, 7) is 1.43. The molecule has 0 unspecified atom stereocenters. The van der Waals surface area contributed by atoms with Crippen LogP contribution in [-0.2, 0) is 19.7 Å². The number of hydrogen-bond acceptors (Lipinski definition) is 6. The largest absolute Gasteiger partial charge is 0.469 e. The molecule has 0 amide bonds. The van der Waals surface area contributed by atoms with E-state index in [-0.39, 0.29) is 11.9 Å². The molecule has 0 aromatic rings. The molecule has 2 N–H and O–H groups in total. The van der Waals surface area contributed by atoms with E-state index in [1.165, 1.54) is 22.8 Å². The highest BCUT2D eigenvalue weighted by Gasteiger charge is 2.39. The Kier molecular flexibility index (Phi) is 5.20. The molecule has 2 saturated heterocycles. The number of ether oxygens (including phenoxy) is 1. The Hall–Kier alpha value is -0.740. The van der Waals surface area contributed by atoms with Gasteiger partial charge in [0.25, 0.3) is 10.2 Å². The lowest BCUT2D eigenvalue weighted by Crippen LogP contribution is -2.52. The minimum Gasteiger partial charge on any atom is -0.469 e. The second-order valence-corrected chi connectivity index (χ2v) is 7.50. The first-order chi connectivity index (χ1) is 9.87. The summed E-state index contributed by atoms with van der Waals surface area (Å²) >= 11 is 0. The van der Waals surface area contributed by atoms with Gasteiger partial charge in [0.1, 0.15) is 0 Å². The standard InChI is InChI=1S/C12H23N3O5S/c1-14(10-7-13-8-11(10)16)21(18,19)15-5-3-9(4-6-15)12(17)20-2/h9-11,13,16H,3-8H2,1-2H3/t10-,11-/m0/s1. The average Bonchev–Trinajstić information content (AvgIpc) is 2.91. The molecule has 2 heterocycles. The molecule has 2 atom stereocenters. The number of piperidine rings is 1. The van der Waals surface area contributed by atoms with E-state index in [0.29, 0.717) is 39.0 Å². The molecule has 2 aliphatic rings. The van der Waals surface area contributed by atoms with Gasteiger partial charge in [-0.15, -0.1) is 0 Å². The second kappa shape index (κ2) is 6.57. The maximum atomic E-state index is 12.6. The van der Waals surface area contributed by atoms with Crippen LogP contribution in [0, 0.1) is 5.92 Å². The predicted molar refractivity (Wildman–Crippen MR) is 75.7 cm³/mol. The number of carbonyl (C=O) groups excluding carboxylic acids is 1. The van der Waals surface area contributed by atoms with Gasteiger partial charge < -0.3 is 15.2 Å². The fraction of sp³-hybridized carbons (Fsp3) is 0.917. The van der Waals surface area contributed by atoms with E-state index < -0.39 is 22.4 Å². The monoisotopic (exact) mass is 321 g/mol. The predicted octanol–water partition coefficient (Wildman–Crippen LogP) is -1.62. The van der Waals surface area contributed by atoms with Crippen molar-refractivity contribution in [1.82, 2.24) is 13.9 Å². The topological polar surface area (TPSA) is 99.2 Å². The van der Waals surface area contributed by atoms with E-state index in [9.17, 15) is 18.3 Å². The summed E-state index contributed by atoms with van der Waals surface area (Å²) in [5, 5.41) is 12.8. The molecule has 21 heavy (non-hydrogen) atoms.